The Balaban J connectivity index is 1.51. The zero-order valence-electron chi connectivity index (χ0n) is 17.4. The molecule has 1 saturated carbocycles. The SMILES string of the molecule is CN(C(=O)CN1CCCN(Cc2ccc(C#N)cc2)CC1)C1(C#N)CCCCC1. The maximum absolute atomic E-state index is 12.9. The molecule has 1 aliphatic carbocycles. The Morgan fingerprint density at radius 3 is 2.31 bits per heavy atom. The number of hydrogen-bond acceptors (Lipinski definition) is 5. The molecule has 0 atom stereocenters. The summed E-state index contributed by atoms with van der Waals surface area (Å²) in [5, 5.41) is 18.7. The maximum Gasteiger partial charge on any atom is 0.237 e. The third-order valence-corrected chi connectivity index (χ3v) is 6.43. The van der Waals surface area contributed by atoms with Crippen molar-refractivity contribution in [1.82, 2.24) is 14.7 Å². The highest BCUT2D eigenvalue weighted by Crippen LogP contribution is 2.32. The highest BCUT2D eigenvalue weighted by atomic mass is 16.2. The van der Waals surface area contributed by atoms with Crippen molar-refractivity contribution in [3.8, 4) is 12.1 Å². The summed E-state index contributed by atoms with van der Waals surface area (Å²) in [7, 11) is 1.81. The molecule has 2 aliphatic rings. The van der Waals surface area contributed by atoms with Crippen LogP contribution in [0.5, 0.6) is 0 Å². The van der Waals surface area contributed by atoms with E-state index in [2.05, 4.69) is 21.9 Å². The molecule has 0 spiro atoms. The van der Waals surface area contributed by atoms with Crippen LogP contribution in [0.2, 0.25) is 0 Å². The molecular formula is C23H31N5O. The Morgan fingerprint density at radius 2 is 1.66 bits per heavy atom. The van der Waals surface area contributed by atoms with Crippen molar-refractivity contribution in [2.24, 2.45) is 0 Å². The Hall–Kier alpha value is -2.41. The van der Waals surface area contributed by atoms with Crippen LogP contribution in [-0.2, 0) is 11.3 Å². The second-order valence-electron chi connectivity index (χ2n) is 8.37. The van der Waals surface area contributed by atoms with E-state index in [0.29, 0.717) is 12.1 Å². The standard InChI is InChI=1S/C23H31N5O/c1-26(23(19-25)10-3-2-4-11-23)22(29)18-28-13-5-12-27(14-15-28)17-21-8-6-20(16-24)7-9-21/h6-9H,2-5,10-15,17-18H2,1H3. The number of nitriles is 2. The summed E-state index contributed by atoms with van der Waals surface area (Å²) in [6.07, 6.45) is 5.83. The van der Waals surface area contributed by atoms with Gasteiger partial charge in [-0.25, -0.2) is 0 Å². The van der Waals surface area contributed by atoms with E-state index in [0.717, 1.165) is 71.2 Å². The highest BCUT2D eigenvalue weighted by molar-refractivity contribution is 5.79. The quantitative estimate of drug-likeness (QED) is 0.769. The van der Waals surface area contributed by atoms with Gasteiger partial charge in [-0.2, -0.15) is 10.5 Å². The van der Waals surface area contributed by atoms with Crippen LogP contribution in [0.15, 0.2) is 24.3 Å². The summed E-state index contributed by atoms with van der Waals surface area (Å²) < 4.78 is 0. The Kier molecular flexibility index (Phi) is 7.25. The van der Waals surface area contributed by atoms with E-state index >= 15 is 0 Å². The number of nitrogens with zero attached hydrogens (tertiary/aromatic N) is 5. The molecule has 29 heavy (non-hydrogen) atoms. The van der Waals surface area contributed by atoms with E-state index in [-0.39, 0.29) is 5.91 Å². The lowest BCUT2D eigenvalue weighted by Gasteiger charge is -2.39. The summed E-state index contributed by atoms with van der Waals surface area (Å²) in [5.74, 6) is 0.0639. The lowest BCUT2D eigenvalue weighted by atomic mass is 9.81. The van der Waals surface area contributed by atoms with Gasteiger partial charge in [-0.15, -0.1) is 0 Å². The van der Waals surface area contributed by atoms with Crippen molar-refractivity contribution in [2.75, 3.05) is 39.8 Å². The molecule has 1 saturated heterocycles. The van der Waals surface area contributed by atoms with Crippen LogP contribution >= 0.6 is 0 Å². The highest BCUT2D eigenvalue weighted by Gasteiger charge is 2.39. The van der Waals surface area contributed by atoms with E-state index < -0.39 is 5.54 Å². The van der Waals surface area contributed by atoms with Gasteiger partial charge in [-0.1, -0.05) is 31.4 Å². The first-order valence-electron chi connectivity index (χ1n) is 10.7. The predicted octanol–water partition coefficient (Wildman–Crippen LogP) is 2.75. The molecule has 1 aliphatic heterocycles. The summed E-state index contributed by atoms with van der Waals surface area (Å²) in [5.41, 5.74) is 1.29. The number of likely N-dealkylation sites (N-methyl/N-ethyl adjacent to an activating group) is 1. The van der Waals surface area contributed by atoms with Crippen molar-refractivity contribution in [3.05, 3.63) is 35.4 Å². The van der Waals surface area contributed by atoms with Crippen LogP contribution < -0.4 is 0 Å². The summed E-state index contributed by atoms with van der Waals surface area (Å²) in [4.78, 5) is 19.3. The van der Waals surface area contributed by atoms with Crippen molar-refractivity contribution >= 4 is 5.91 Å². The molecular weight excluding hydrogens is 362 g/mol. The van der Waals surface area contributed by atoms with Gasteiger partial charge in [0.25, 0.3) is 0 Å². The third-order valence-electron chi connectivity index (χ3n) is 6.43. The van der Waals surface area contributed by atoms with Crippen LogP contribution in [0.1, 0.15) is 49.7 Å². The lowest BCUT2D eigenvalue weighted by molar-refractivity contribution is -0.136. The minimum Gasteiger partial charge on any atom is -0.326 e. The van der Waals surface area contributed by atoms with Crippen molar-refractivity contribution in [2.45, 2.75) is 50.6 Å². The second kappa shape index (κ2) is 9.87. The van der Waals surface area contributed by atoms with Crippen LogP contribution in [0.25, 0.3) is 0 Å². The van der Waals surface area contributed by atoms with Crippen molar-refractivity contribution < 1.29 is 4.79 Å². The fraction of sp³-hybridized carbons (Fsp3) is 0.609. The molecule has 0 bridgehead atoms. The van der Waals surface area contributed by atoms with Gasteiger partial charge in [0.2, 0.25) is 5.91 Å². The van der Waals surface area contributed by atoms with Gasteiger partial charge in [-0.05, 0) is 50.0 Å². The van der Waals surface area contributed by atoms with E-state index in [1.807, 2.05) is 31.3 Å². The molecule has 0 N–H and O–H groups in total. The number of carbonyl (C=O) groups is 1. The average Bonchev–Trinajstić information content (AvgIpc) is 2.99. The average molecular weight is 394 g/mol. The Bertz CT molecular complexity index is 770. The molecule has 3 rings (SSSR count). The van der Waals surface area contributed by atoms with Gasteiger partial charge >= 0.3 is 0 Å². The van der Waals surface area contributed by atoms with Gasteiger partial charge < -0.3 is 4.90 Å². The first kappa shape index (κ1) is 21.3. The molecule has 1 aromatic rings. The molecule has 154 valence electrons. The number of benzene rings is 1. The normalized spacial score (nSPS) is 20.2. The van der Waals surface area contributed by atoms with Gasteiger partial charge in [0.05, 0.1) is 24.2 Å². The van der Waals surface area contributed by atoms with E-state index in [9.17, 15) is 10.1 Å². The van der Waals surface area contributed by atoms with Crippen LogP contribution in [0.4, 0.5) is 0 Å². The third kappa shape index (κ3) is 5.35. The number of hydrogen-bond donors (Lipinski definition) is 0. The number of rotatable bonds is 5. The number of amides is 1. The molecule has 0 unspecified atom stereocenters. The molecule has 6 nitrogen and oxygen atoms in total. The monoisotopic (exact) mass is 393 g/mol. The zero-order chi connectivity index (χ0) is 20.7. The van der Waals surface area contributed by atoms with Gasteiger partial charge in [0, 0.05) is 26.7 Å². The summed E-state index contributed by atoms with van der Waals surface area (Å²) in [6, 6.07) is 12.4. The fourth-order valence-corrected chi connectivity index (χ4v) is 4.48. The zero-order valence-corrected chi connectivity index (χ0v) is 17.4. The molecule has 1 aromatic carbocycles. The fourth-order valence-electron chi connectivity index (χ4n) is 4.48. The summed E-state index contributed by atoms with van der Waals surface area (Å²) >= 11 is 0. The smallest absolute Gasteiger partial charge is 0.237 e. The Labute approximate surface area is 174 Å². The van der Waals surface area contributed by atoms with Gasteiger partial charge in [0.15, 0.2) is 0 Å². The first-order valence-corrected chi connectivity index (χ1v) is 10.7. The first-order chi connectivity index (χ1) is 14.1. The molecule has 6 heteroatoms. The molecule has 1 heterocycles. The minimum atomic E-state index is -0.608. The Morgan fingerprint density at radius 1 is 1.00 bits per heavy atom. The van der Waals surface area contributed by atoms with Gasteiger partial charge in [-0.3, -0.25) is 14.6 Å². The summed E-state index contributed by atoms with van der Waals surface area (Å²) in [6.45, 7) is 4.94. The van der Waals surface area contributed by atoms with E-state index in [1.54, 1.807) is 4.90 Å². The van der Waals surface area contributed by atoms with E-state index in [4.69, 9.17) is 5.26 Å². The van der Waals surface area contributed by atoms with Crippen molar-refractivity contribution in [1.29, 1.82) is 10.5 Å². The maximum atomic E-state index is 12.9. The molecule has 0 radical (unpaired) electrons. The molecule has 2 fully saturated rings. The molecule has 1 amide bonds. The number of carbonyl (C=O) groups excluding carboxylic acids is 1. The predicted molar refractivity (Wildman–Crippen MR) is 112 cm³/mol. The van der Waals surface area contributed by atoms with Crippen LogP contribution in [-0.4, -0.2) is 65.9 Å². The largest absolute Gasteiger partial charge is 0.326 e. The van der Waals surface area contributed by atoms with E-state index in [1.165, 1.54) is 5.56 Å². The van der Waals surface area contributed by atoms with Gasteiger partial charge in [0.1, 0.15) is 5.54 Å². The topological polar surface area (TPSA) is 74.4 Å². The van der Waals surface area contributed by atoms with Crippen molar-refractivity contribution in [3.63, 3.8) is 0 Å². The van der Waals surface area contributed by atoms with Crippen LogP contribution in [0, 0.1) is 22.7 Å². The minimum absolute atomic E-state index is 0.0639. The molecule has 0 aromatic heterocycles. The van der Waals surface area contributed by atoms with Crippen LogP contribution in [0.3, 0.4) is 0 Å². The lowest BCUT2D eigenvalue weighted by Crippen LogP contribution is -2.52. The second-order valence-corrected chi connectivity index (χ2v) is 8.37.